The number of esters is 1. The minimum atomic E-state index is 0.0173. The Labute approximate surface area is 191 Å². The number of carbonyl (C=O) groups is 1. The number of ether oxygens (including phenoxy) is 1. The van der Waals surface area contributed by atoms with E-state index in [0.717, 1.165) is 57.0 Å². The van der Waals surface area contributed by atoms with Crippen LogP contribution in [0.5, 0.6) is 0 Å². The fourth-order valence-electron chi connectivity index (χ4n) is 6.84. The van der Waals surface area contributed by atoms with Crippen LogP contribution in [0.15, 0.2) is 30.4 Å². The van der Waals surface area contributed by atoms with Gasteiger partial charge in [0, 0.05) is 49.4 Å². The molecule has 4 nitrogen and oxygen atoms in total. The molecule has 1 unspecified atom stereocenters. The highest BCUT2D eigenvalue weighted by atomic mass is 35.5. The average molecular weight is 443 g/mol. The Morgan fingerprint density at radius 2 is 2.03 bits per heavy atom. The van der Waals surface area contributed by atoms with Crippen molar-refractivity contribution in [3.05, 3.63) is 40.9 Å². The van der Waals surface area contributed by atoms with Crippen molar-refractivity contribution in [1.29, 1.82) is 0 Å². The predicted molar refractivity (Wildman–Crippen MR) is 126 cm³/mol. The standard InChI is InChI=1S/C26H35ClN2O2/c1-17-5-4-8-26(3)15-24-20(14-22(17)26)21(25(30)31-24)16-28-9-11-29(12-10-28)23-13-19(27)7-6-18(23)2/h6-7,13,20-22,24H,1,4-5,8-12,14-16H2,2-3H3/t20-,21?,22+,24-,26-/m1/s1. The lowest BCUT2D eigenvalue weighted by molar-refractivity contribution is -0.146. The van der Waals surface area contributed by atoms with Crippen LogP contribution in [-0.4, -0.2) is 49.7 Å². The SMILES string of the molecule is C=C1CCC[C@]2(C)C[C@H]3OC(=O)C(CN4CCN(c5cc(Cl)ccc5C)CC4)[C@H]3C[C@@H]12. The fourth-order valence-corrected chi connectivity index (χ4v) is 7.00. The average Bonchev–Trinajstić information content (AvgIpc) is 3.02. The minimum absolute atomic E-state index is 0.0173. The number of benzene rings is 1. The third kappa shape index (κ3) is 3.91. The number of fused-ring (bicyclic) bond motifs is 2. The lowest BCUT2D eigenvalue weighted by Gasteiger charge is -2.50. The van der Waals surface area contributed by atoms with Gasteiger partial charge in [-0.05, 0) is 68.1 Å². The fraction of sp³-hybridized carbons (Fsp3) is 0.654. The van der Waals surface area contributed by atoms with Crippen LogP contribution >= 0.6 is 11.6 Å². The summed E-state index contributed by atoms with van der Waals surface area (Å²) in [5.74, 6) is 0.968. The molecule has 2 aliphatic carbocycles. The molecule has 4 fully saturated rings. The second-order valence-corrected chi connectivity index (χ2v) is 11.1. The van der Waals surface area contributed by atoms with Crippen molar-refractivity contribution in [3.8, 4) is 0 Å². The molecule has 1 aromatic rings. The number of piperazine rings is 1. The van der Waals surface area contributed by atoms with Crippen molar-refractivity contribution in [2.24, 2.45) is 23.2 Å². The van der Waals surface area contributed by atoms with E-state index in [-0.39, 0.29) is 23.4 Å². The molecule has 0 radical (unpaired) electrons. The number of hydrogen-bond acceptors (Lipinski definition) is 4. The van der Waals surface area contributed by atoms with Crippen molar-refractivity contribution < 1.29 is 9.53 Å². The number of rotatable bonds is 3. The van der Waals surface area contributed by atoms with Gasteiger partial charge in [0.1, 0.15) is 6.10 Å². The predicted octanol–water partition coefficient (Wildman–Crippen LogP) is 5.08. The molecule has 1 aromatic carbocycles. The summed E-state index contributed by atoms with van der Waals surface area (Å²) in [5.41, 5.74) is 4.18. The number of anilines is 1. The zero-order valence-electron chi connectivity index (χ0n) is 18.9. The van der Waals surface area contributed by atoms with E-state index in [1.165, 1.54) is 29.7 Å². The highest BCUT2D eigenvalue weighted by Gasteiger charge is 2.55. The smallest absolute Gasteiger partial charge is 0.310 e. The maximum Gasteiger partial charge on any atom is 0.310 e. The van der Waals surface area contributed by atoms with Gasteiger partial charge in [-0.25, -0.2) is 0 Å². The third-order valence-electron chi connectivity index (χ3n) is 8.66. The van der Waals surface area contributed by atoms with Gasteiger partial charge in [0.2, 0.25) is 0 Å². The molecule has 0 spiro atoms. The Balaban J connectivity index is 1.23. The topological polar surface area (TPSA) is 32.8 Å². The Bertz CT molecular complexity index is 878. The number of allylic oxidation sites excluding steroid dienone is 1. The molecule has 4 aliphatic rings. The zero-order chi connectivity index (χ0) is 21.8. The van der Waals surface area contributed by atoms with Crippen LogP contribution in [0.1, 0.15) is 44.6 Å². The second-order valence-electron chi connectivity index (χ2n) is 10.6. The van der Waals surface area contributed by atoms with Gasteiger partial charge in [0.25, 0.3) is 0 Å². The molecular weight excluding hydrogens is 408 g/mol. The molecule has 2 heterocycles. The number of hydrogen-bond donors (Lipinski definition) is 0. The summed E-state index contributed by atoms with van der Waals surface area (Å²) in [4.78, 5) is 17.8. The number of nitrogens with zero attached hydrogens (tertiary/aromatic N) is 2. The number of halogens is 1. The second kappa shape index (κ2) is 8.12. The van der Waals surface area contributed by atoms with Crippen molar-refractivity contribution in [2.45, 2.75) is 52.1 Å². The summed E-state index contributed by atoms with van der Waals surface area (Å²) < 4.78 is 5.97. The number of aryl methyl sites for hydroxylation is 1. The summed E-state index contributed by atoms with van der Waals surface area (Å²) in [7, 11) is 0. The molecule has 2 saturated heterocycles. The molecule has 0 N–H and O–H groups in total. The van der Waals surface area contributed by atoms with Gasteiger partial charge in [-0.1, -0.05) is 36.7 Å². The lowest BCUT2D eigenvalue weighted by atomic mass is 9.55. The van der Waals surface area contributed by atoms with E-state index in [4.69, 9.17) is 16.3 Å². The van der Waals surface area contributed by atoms with Crippen LogP contribution in [-0.2, 0) is 9.53 Å². The summed E-state index contributed by atoms with van der Waals surface area (Å²) in [6.45, 7) is 13.7. The minimum Gasteiger partial charge on any atom is -0.462 e. The van der Waals surface area contributed by atoms with E-state index in [0.29, 0.717) is 11.8 Å². The van der Waals surface area contributed by atoms with Crippen molar-refractivity contribution in [3.63, 3.8) is 0 Å². The molecule has 5 rings (SSSR count). The Hall–Kier alpha value is -1.52. The van der Waals surface area contributed by atoms with E-state index in [1.807, 2.05) is 6.07 Å². The molecule has 0 bridgehead atoms. The first-order chi connectivity index (χ1) is 14.8. The Morgan fingerprint density at radius 1 is 1.26 bits per heavy atom. The molecule has 5 atom stereocenters. The first-order valence-electron chi connectivity index (χ1n) is 12.0. The van der Waals surface area contributed by atoms with Gasteiger partial charge in [0.15, 0.2) is 0 Å². The Kier molecular flexibility index (Phi) is 5.58. The monoisotopic (exact) mass is 442 g/mol. The maximum absolute atomic E-state index is 12.9. The highest BCUT2D eigenvalue weighted by Crippen LogP contribution is 2.56. The highest BCUT2D eigenvalue weighted by molar-refractivity contribution is 6.30. The van der Waals surface area contributed by atoms with Crippen LogP contribution in [0, 0.1) is 30.1 Å². The first kappa shape index (κ1) is 21.3. The lowest BCUT2D eigenvalue weighted by Crippen LogP contribution is -2.50. The van der Waals surface area contributed by atoms with Gasteiger partial charge in [-0.2, -0.15) is 0 Å². The van der Waals surface area contributed by atoms with E-state index in [1.54, 1.807) is 0 Å². The zero-order valence-corrected chi connectivity index (χ0v) is 19.7. The van der Waals surface area contributed by atoms with Crippen LogP contribution in [0.3, 0.4) is 0 Å². The number of carbonyl (C=O) groups excluding carboxylic acids is 1. The summed E-state index contributed by atoms with van der Waals surface area (Å²) >= 11 is 6.23. The summed E-state index contributed by atoms with van der Waals surface area (Å²) in [6.07, 6.45) is 5.84. The van der Waals surface area contributed by atoms with E-state index < -0.39 is 0 Å². The molecule has 168 valence electrons. The van der Waals surface area contributed by atoms with Crippen molar-refractivity contribution in [1.82, 2.24) is 4.90 Å². The molecule has 0 aromatic heterocycles. The molecule has 5 heteroatoms. The third-order valence-corrected chi connectivity index (χ3v) is 8.89. The van der Waals surface area contributed by atoms with Gasteiger partial charge in [-0.15, -0.1) is 0 Å². The van der Waals surface area contributed by atoms with Gasteiger partial charge >= 0.3 is 5.97 Å². The van der Waals surface area contributed by atoms with Crippen LogP contribution < -0.4 is 4.90 Å². The van der Waals surface area contributed by atoms with Gasteiger partial charge in [0.05, 0.1) is 5.92 Å². The first-order valence-corrected chi connectivity index (χ1v) is 12.3. The maximum atomic E-state index is 12.9. The molecule has 2 saturated carbocycles. The van der Waals surface area contributed by atoms with E-state index in [9.17, 15) is 4.79 Å². The van der Waals surface area contributed by atoms with E-state index >= 15 is 0 Å². The largest absolute Gasteiger partial charge is 0.462 e. The van der Waals surface area contributed by atoms with Crippen LogP contribution in [0.4, 0.5) is 5.69 Å². The quantitative estimate of drug-likeness (QED) is 0.482. The van der Waals surface area contributed by atoms with Crippen molar-refractivity contribution >= 4 is 23.3 Å². The molecule has 2 aliphatic heterocycles. The van der Waals surface area contributed by atoms with Gasteiger partial charge < -0.3 is 9.64 Å². The summed E-state index contributed by atoms with van der Waals surface area (Å²) in [6, 6.07) is 6.12. The molecular formula is C26H35ClN2O2. The van der Waals surface area contributed by atoms with Crippen LogP contribution in [0.25, 0.3) is 0 Å². The van der Waals surface area contributed by atoms with Crippen molar-refractivity contribution in [2.75, 3.05) is 37.6 Å². The van der Waals surface area contributed by atoms with Crippen LogP contribution in [0.2, 0.25) is 5.02 Å². The normalized spacial score (nSPS) is 36.2. The van der Waals surface area contributed by atoms with Gasteiger partial charge in [-0.3, -0.25) is 9.69 Å². The summed E-state index contributed by atoms with van der Waals surface area (Å²) in [5, 5.41) is 0.788. The molecule has 0 amide bonds. The molecule has 31 heavy (non-hydrogen) atoms. The Morgan fingerprint density at radius 3 is 2.81 bits per heavy atom. The van der Waals surface area contributed by atoms with E-state index in [2.05, 4.69) is 42.4 Å².